The average Bonchev–Trinajstić information content (AvgIpc) is 3.49. The first kappa shape index (κ1) is 32.8. The first-order chi connectivity index (χ1) is 17.9. The van der Waals surface area contributed by atoms with Crippen LogP contribution in [0.15, 0.2) is 115 Å². The van der Waals surface area contributed by atoms with E-state index in [1.165, 1.54) is 77.5 Å². The van der Waals surface area contributed by atoms with Gasteiger partial charge in [0, 0.05) is 0 Å². The molecule has 0 fully saturated rings. The monoisotopic (exact) mass is 626 g/mol. The van der Waals surface area contributed by atoms with Crippen LogP contribution in [0, 0.1) is 19.9 Å². The second-order valence-corrected chi connectivity index (χ2v) is 11.1. The normalized spacial score (nSPS) is 10.4. The molecular weight excluding hydrogens is 595 g/mol. The Morgan fingerprint density at radius 2 is 1.28 bits per heavy atom. The van der Waals surface area contributed by atoms with E-state index in [2.05, 4.69) is 143 Å². The SMILES string of the molecule is Cc1cc(C(C)C)c(C)[cH-]1.[Cl-].[Cl-].[Zr+2]=[C](c1ccccc1)c1ccccc1.[c-]1cccc2c1Cc1ccccc1-2. The molecule has 0 nitrogen and oxygen atoms in total. The van der Waals surface area contributed by atoms with Crippen molar-refractivity contribution in [1.29, 1.82) is 0 Å². The van der Waals surface area contributed by atoms with Crippen LogP contribution in [0.4, 0.5) is 0 Å². The van der Waals surface area contributed by atoms with Gasteiger partial charge in [0.1, 0.15) is 0 Å². The van der Waals surface area contributed by atoms with Gasteiger partial charge in [0.05, 0.1) is 0 Å². The molecule has 1 aliphatic carbocycles. The van der Waals surface area contributed by atoms with Gasteiger partial charge in [-0.05, 0) is 6.42 Å². The van der Waals surface area contributed by atoms with Crippen molar-refractivity contribution in [3.63, 3.8) is 0 Å². The summed E-state index contributed by atoms with van der Waals surface area (Å²) in [5.74, 6) is 0.675. The van der Waals surface area contributed by atoms with Gasteiger partial charge in [0.25, 0.3) is 0 Å². The maximum Gasteiger partial charge on any atom is -0.0253 e. The second kappa shape index (κ2) is 16.0. The zero-order valence-electron chi connectivity index (χ0n) is 23.0. The van der Waals surface area contributed by atoms with E-state index in [-0.39, 0.29) is 24.8 Å². The molecule has 6 rings (SSSR count). The molecule has 0 atom stereocenters. The van der Waals surface area contributed by atoms with Crippen LogP contribution < -0.4 is 24.8 Å². The molecule has 0 bridgehead atoms. The third kappa shape index (κ3) is 8.78. The Bertz CT molecular complexity index is 1370. The fraction of sp³-hybridized carbons (Fsp3) is 0.167. The summed E-state index contributed by atoms with van der Waals surface area (Å²) < 4.78 is 1.42. The number of fused-ring (bicyclic) bond motifs is 3. The van der Waals surface area contributed by atoms with Gasteiger partial charge in [-0.2, -0.15) is 52.6 Å². The minimum atomic E-state index is 0. The van der Waals surface area contributed by atoms with E-state index in [1.807, 2.05) is 6.07 Å². The standard InChI is InChI=1S/C13H9.C13H10.C10H15.2ClH.Zr/c1-3-7-12-10(5-1)9-11-6-2-4-8-13(11)12;1-3-7-12(8-4-1)11-13-9-5-2-6-10-13;1-7(2)10-6-8(3)5-9(10)4;;;/h1-5,7-8H,9H2;1-10H;5-7H,1-4H3;2*1H;/q-1;;-1;;;+2/p-2. The van der Waals surface area contributed by atoms with Crippen LogP contribution in [0.2, 0.25) is 0 Å². The maximum absolute atomic E-state index is 3.30. The molecule has 0 heterocycles. The Labute approximate surface area is 262 Å². The Kier molecular flexibility index (Phi) is 13.4. The number of benzene rings is 4. The number of rotatable bonds is 3. The zero-order valence-corrected chi connectivity index (χ0v) is 27.0. The minimum Gasteiger partial charge on any atom is -0.179 e. The molecule has 0 saturated heterocycles. The van der Waals surface area contributed by atoms with Gasteiger partial charge in [-0.15, -0.1) is 5.56 Å². The average molecular weight is 629 g/mol. The van der Waals surface area contributed by atoms with Gasteiger partial charge in [0.15, 0.2) is 0 Å². The van der Waals surface area contributed by atoms with Crippen molar-refractivity contribution in [3.05, 3.63) is 160 Å². The third-order valence-electron chi connectivity index (χ3n) is 6.65. The molecule has 0 unspecified atom stereocenters. The van der Waals surface area contributed by atoms with Crippen molar-refractivity contribution in [2.75, 3.05) is 0 Å². The van der Waals surface area contributed by atoms with E-state index < -0.39 is 0 Å². The Morgan fingerprint density at radius 1 is 0.744 bits per heavy atom. The Morgan fingerprint density at radius 3 is 1.79 bits per heavy atom. The van der Waals surface area contributed by atoms with Crippen molar-refractivity contribution < 1.29 is 49.0 Å². The van der Waals surface area contributed by atoms with Gasteiger partial charge in [-0.1, -0.05) is 69.0 Å². The van der Waals surface area contributed by atoms with Crippen LogP contribution in [0.5, 0.6) is 0 Å². The molecule has 0 radical (unpaired) electrons. The fourth-order valence-corrected chi connectivity index (χ4v) is 5.64. The van der Waals surface area contributed by atoms with Crippen molar-refractivity contribution >= 4 is 3.21 Å². The number of halogens is 2. The van der Waals surface area contributed by atoms with E-state index >= 15 is 0 Å². The molecule has 0 saturated carbocycles. The van der Waals surface area contributed by atoms with Crippen LogP contribution in [0.25, 0.3) is 11.1 Å². The van der Waals surface area contributed by atoms with E-state index in [9.17, 15) is 0 Å². The smallest absolute Gasteiger partial charge is 0.0253 e. The molecule has 0 spiro atoms. The summed E-state index contributed by atoms with van der Waals surface area (Å²) >= 11 is 1.46. The molecule has 0 N–H and O–H groups in total. The van der Waals surface area contributed by atoms with Crippen LogP contribution in [-0.2, 0) is 30.7 Å². The molecule has 1 aliphatic rings. The van der Waals surface area contributed by atoms with Gasteiger partial charge in [-0.3, -0.25) is 0 Å². The number of aryl methyl sites for hydroxylation is 2. The Hall–Kier alpha value is -2.44. The molecule has 5 aromatic rings. The number of hydrogen-bond acceptors (Lipinski definition) is 0. The molecule has 0 aromatic heterocycles. The second-order valence-electron chi connectivity index (χ2n) is 9.83. The topological polar surface area (TPSA) is 0 Å². The summed E-state index contributed by atoms with van der Waals surface area (Å²) in [6, 6.07) is 43.7. The summed E-state index contributed by atoms with van der Waals surface area (Å²) in [6.45, 7) is 8.81. The van der Waals surface area contributed by atoms with Crippen molar-refractivity contribution in [3.8, 4) is 11.1 Å². The summed E-state index contributed by atoms with van der Waals surface area (Å²) in [5, 5.41) is 0. The van der Waals surface area contributed by atoms with Crippen molar-refractivity contribution in [2.45, 2.75) is 40.0 Å². The summed E-state index contributed by atoms with van der Waals surface area (Å²) in [4.78, 5) is 0. The largest absolute Gasteiger partial charge is 0.179 e. The third-order valence-corrected chi connectivity index (χ3v) is 8.07. The molecule has 39 heavy (non-hydrogen) atoms. The van der Waals surface area contributed by atoms with Crippen LogP contribution >= 0.6 is 0 Å². The van der Waals surface area contributed by atoms with E-state index in [1.54, 1.807) is 0 Å². The number of hydrogen-bond donors (Lipinski definition) is 0. The summed E-state index contributed by atoms with van der Waals surface area (Å²) in [6.07, 6.45) is 1.05. The van der Waals surface area contributed by atoms with Crippen LogP contribution in [-0.4, -0.2) is 3.21 Å². The molecule has 198 valence electrons. The minimum absolute atomic E-state index is 0. The predicted molar refractivity (Wildman–Crippen MR) is 155 cm³/mol. The fourth-order valence-electron chi connectivity index (χ4n) is 4.82. The van der Waals surface area contributed by atoms with Crippen LogP contribution in [0.3, 0.4) is 0 Å². The van der Waals surface area contributed by atoms with E-state index in [4.69, 9.17) is 0 Å². The molecule has 3 heteroatoms. The predicted octanol–water partition coefficient (Wildman–Crippen LogP) is 3.01. The molecule has 0 aliphatic heterocycles. The van der Waals surface area contributed by atoms with Crippen LogP contribution in [0.1, 0.15) is 58.7 Å². The first-order valence-corrected chi connectivity index (χ1v) is 14.2. The van der Waals surface area contributed by atoms with Gasteiger partial charge < -0.3 is 24.8 Å². The molecular formula is C36H34Cl2Zr-2. The van der Waals surface area contributed by atoms with Crippen molar-refractivity contribution in [2.24, 2.45) is 0 Å². The Balaban J connectivity index is 0.000000203. The first-order valence-electron chi connectivity index (χ1n) is 12.9. The molecule has 5 aromatic carbocycles. The maximum atomic E-state index is 3.30. The van der Waals surface area contributed by atoms with Crippen molar-refractivity contribution in [1.82, 2.24) is 0 Å². The molecule has 0 amide bonds. The quantitative estimate of drug-likeness (QED) is 0.265. The van der Waals surface area contributed by atoms with Gasteiger partial charge >= 0.3 is 99.2 Å². The van der Waals surface area contributed by atoms with E-state index in [0.29, 0.717) is 5.92 Å². The van der Waals surface area contributed by atoms with Gasteiger partial charge in [-0.25, -0.2) is 6.07 Å². The summed E-state index contributed by atoms with van der Waals surface area (Å²) in [7, 11) is 0. The summed E-state index contributed by atoms with van der Waals surface area (Å²) in [5.41, 5.74) is 12.5. The van der Waals surface area contributed by atoms with E-state index in [0.717, 1.165) is 6.42 Å². The van der Waals surface area contributed by atoms with Gasteiger partial charge in [0.2, 0.25) is 0 Å². The zero-order chi connectivity index (χ0) is 26.2.